The van der Waals surface area contributed by atoms with Crippen molar-refractivity contribution in [3.05, 3.63) is 29.6 Å². The topological polar surface area (TPSA) is 61.5 Å². The van der Waals surface area contributed by atoms with Gasteiger partial charge in [-0.3, -0.25) is 0 Å². The van der Waals surface area contributed by atoms with E-state index in [4.69, 9.17) is 4.74 Å². The molecule has 0 spiro atoms. The fraction of sp³-hybridized carbons (Fsp3) is 0.357. The summed E-state index contributed by atoms with van der Waals surface area (Å²) in [5.41, 5.74) is 0.436. The highest BCUT2D eigenvalue weighted by Gasteiger charge is 2.19. The molecule has 0 saturated carbocycles. The highest BCUT2D eigenvalue weighted by Crippen LogP contribution is 2.29. The molecule has 0 atom stereocenters. The number of benzene rings is 1. The Morgan fingerprint density at radius 2 is 2.00 bits per heavy atom. The number of aromatic nitrogens is 3. The molecule has 25 heavy (non-hydrogen) atoms. The molecule has 0 N–H and O–H groups in total. The Morgan fingerprint density at radius 3 is 2.60 bits per heavy atom. The molecule has 0 unspecified atom stereocenters. The molecule has 2 rings (SSSR count). The van der Waals surface area contributed by atoms with E-state index in [0.717, 1.165) is 16.4 Å². The van der Waals surface area contributed by atoms with Gasteiger partial charge in [-0.1, -0.05) is 11.8 Å². The molecule has 1 aromatic heterocycles. The van der Waals surface area contributed by atoms with Gasteiger partial charge >= 0.3 is 6.61 Å². The van der Waals surface area contributed by atoms with Crippen LogP contribution in [0.2, 0.25) is 0 Å². The van der Waals surface area contributed by atoms with Crippen LogP contribution in [0, 0.1) is 0 Å². The molecule has 0 aliphatic rings. The van der Waals surface area contributed by atoms with Gasteiger partial charge < -0.3 is 9.47 Å². The molecule has 1 heterocycles. The molecule has 0 aliphatic heterocycles. The van der Waals surface area contributed by atoms with Gasteiger partial charge in [-0.15, -0.1) is 10.2 Å². The Bertz CT molecular complexity index is 740. The maximum Gasteiger partial charge on any atom is 0.387 e. The Kier molecular flexibility index (Phi) is 6.62. The fourth-order valence-electron chi connectivity index (χ4n) is 1.84. The first kappa shape index (κ1) is 19.0. The van der Waals surface area contributed by atoms with Crippen LogP contribution in [0.15, 0.2) is 28.5 Å². The summed E-state index contributed by atoms with van der Waals surface area (Å²) in [6, 6.07) is 4.14. The first-order valence-electron chi connectivity index (χ1n) is 6.99. The third-order valence-electron chi connectivity index (χ3n) is 2.82. The second kappa shape index (κ2) is 8.70. The van der Waals surface area contributed by atoms with Crippen molar-refractivity contribution >= 4 is 18.0 Å². The van der Waals surface area contributed by atoms with Gasteiger partial charge in [0.2, 0.25) is 11.0 Å². The van der Waals surface area contributed by atoms with Crippen LogP contribution < -0.4 is 9.47 Å². The summed E-state index contributed by atoms with van der Waals surface area (Å²) in [6.45, 7) is -1.07. The molecule has 0 amide bonds. The third-order valence-corrected chi connectivity index (χ3v) is 3.44. The quantitative estimate of drug-likeness (QED) is 0.397. The number of hydrogen-bond acceptors (Lipinski definition) is 6. The second-order valence-corrected chi connectivity index (χ2v) is 5.19. The van der Waals surface area contributed by atoms with Crippen molar-refractivity contribution in [3.8, 4) is 11.5 Å². The molecule has 1 aromatic carbocycles. The van der Waals surface area contributed by atoms with Crippen molar-refractivity contribution in [2.45, 2.75) is 25.1 Å². The zero-order valence-electron chi connectivity index (χ0n) is 13.2. The molecular formula is C14H14F4N4O2S. The number of alkyl halides is 4. The molecule has 2 aromatic rings. The van der Waals surface area contributed by atoms with E-state index in [1.54, 1.807) is 13.2 Å². The van der Waals surface area contributed by atoms with E-state index in [0.29, 0.717) is 5.56 Å². The Balaban J connectivity index is 2.32. The van der Waals surface area contributed by atoms with Crippen LogP contribution in [0.1, 0.15) is 24.7 Å². The van der Waals surface area contributed by atoms with Gasteiger partial charge in [0.1, 0.15) is 0 Å². The molecule has 0 aliphatic carbocycles. The average molecular weight is 378 g/mol. The molecule has 0 fully saturated rings. The number of halogens is 4. The molecular weight excluding hydrogens is 364 g/mol. The summed E-state index contributed by atoms with van der Waals surface area (Å²) in [7, 11) is 0. The Hall–Kier alpha value is -2.30. The summed E-state index contributed by atoms with van der Waals surface area (Å²) in [5, 5.41) is 11.1. The summed E-state index contributed by atoms with van der Waals surface area (Å²) in [6.07, 6.45) is 0.0739. The predicted molar refractivity (Wildman–Crippen MR) is 84.0 cm³/mol. The monoisotopic (exact) mass is 378 g/mol. The van der Waals surface area contributed by atoms with Gasteiger partial charge in [-0.25, -0.2) is 8.78 Å². The SMILES string of the molecule is CCOc1cc(/C=N\n2c(SC)nnc2C(F)F)ccc1OC(F)F. The summed E-state index contributed by atoms with van der Waals surface area (Å²) < 4.78 is 61.1. The fourth-order valence-corrected chi connectivity index (χ4v) is 2.28. The van der Waals surface area contributed by atoms with Crippen LogP contribution in [-0.4, -0.2) is 40.6 Å². The van der Waals surface area contributed by atoms with Gasteiger partial charge in [0, 0.05) is 0 Å². The van der Waals surface area contributed by atoms with Crippen LogP contribution in [0.5, 0.6) is 11.5 Å². The molecule has 136 valence electrons. The lowest BCUT2D eigenvalue weighted by Crippen LogP contribution is -2.05. The van der Waals surface area contributed by atoms with E-state index in [1.165, 1.54) is 24.4 Å². The smallest absolute Gasteiger partial charge is 0.387 e. The van der Waals surface area contributed by atoms with Crippen molar-refractivity contribution < 1.29 is 27.0 Å². The van der Waals surface area contributed by atoms with Gasteiger partial charge in [0.25, 0.3) is 6.43 Å². The van der Waals surface area contributed by atoms with E-state index in [2.05, 4.69) is 20.0 Å². The third kappa shape index (κ3) is 4.84. The van der Waals surface area contributed by atoms with E-state index in [1.807, 2.05) is 0 Å². The number of ether oxygens (including phenoxy) is 2. The van der Waals surface area contributed by atoms with Crippen LogP contribution in [-0.2, 0) is 0 Å². The lowest BCUT2D eigenvalue weighted by Gasteiger charge is -2.11. The van der Waals surface area contributed by atoms with Crippen molar-refractivity contribution in [2.75, 3.05) is 12.9 Å². The summed E-state index contributed by atoms with van der Waals surface area (Å²) in [4.78, 5) is 0. The molecule has 6 nitrogen and oxygen atoms in total. The van der Waals surface area contributed by atoms with Crippen LogP contribution in [0.25, 0.3) is 0 Å². The maximum atomic E-state index is 12.9. The van der Waals surface area contributed by atoms with E-state index >= 15 is 0 Å². The first-order valence-corrected chi connectivity index (χ1v) is 8.22. The number of hydrogen-bond donors (Lipinski definition) is 0. The molecule has 0 saturated heterocycles. The first-order chi connectivity index (χ1) is 12.0. The number of nitrogens with zero attached hydrogens (tertiary/aromatic N) is 4. The van der Waals surface area contributed by atoms with Gasteiger partial charge in [-0.05, 0) is 36.9 Å². The lowest BCUT2D eigenvalue weighted by atomic mass is 10.2. The van der Waals surface area contributed by atoms with Gasteiger partial charge in [-0.2, -0.15) is 18.6 Å². The second-order valence-electron chi connectivity index (χ2n) is 4.42. The Morgan fingerprint density at radius 1 is 1.24 bits per heavy atom. The molecule has 0 radical (unpaired) electrons. The average Bonchev–Trinajstić information content (AvgIpc) is 2.98. The summed E-state index contributed by atoms with van der Waals surface area (Å²) >= 11 is 1.10. The maximum absolute atomic E-state index is 12.9. The standard InChI is InChI=1S/C14H14F4N4O2S/c1-3-23-10-6-8(4-5-9(10)24-13(17)18)7-19-22-12(11(15)16)20-21-14(22)25-2/h4-7,11,13H,3H2,1-2H3/b19-7-. The van der Waals surface area contributed by atoms with E-state index < -0.39 is 18.9 Å². The zero-order chi connectivity index (χ0) is 18.4. The minimum Gasteiger partial charge on any atom is -0.490 e. The molecule has 11 heteroatoms. The van der Waals surface area contributed by atoms with Crippen LogP contribution >= 0.6 is 11.8 Å². The number of thioether (sulfide) groups is 1. The predicted octanol–water partition coefficient (Wildman–Crippen LogP) is 3.82. The lowest BCUT2D eigenvalue weighted by molar-refractivity contribution is -0.0514. The highest BCUT2D eigenvalue weighted by atomic mass is 32.2. The van der Waals surface area contributed by atoms with E-state index in [9.17, 15) is 17.6 Å². The minimum absolute atomic E-state index is 0.0923. The van der Waals surface area contributed by atoms with Crippen molar-refractivity contribution in [2.24, 2.45) is 5.10 Å². The minimum atomic E-state index is -2.99. The van der Waals surface area contributed by atoms with E-state index in [-0.39, 0.29) is 23.3 Å². The van der Waals surface area contributed by atoms with Crippen molar-refractivity contribution in [1.82, 2.24) is 14.9 Å². The van der Waals surface area contributed by atoms with Crippen LogP contribution in [0.3, 0.4) is 0 Å². The summed E-state index contributed by atoms with van der Waals surface area (Å²) in [5.74, 6) is -0.630. The highest BCUT2D eigenvalue weighted by molar-refractivity contribution is 7.98. The molecule has 0 bridgehead atoms. The Labute approximate surface area is 144 Å². The van der Waals surface area contributed by atoms with Crippen LogP contribution in [0.4, 0.5) is 17.6 Å². The zero-order valence-corrected chi connectivity index (χ0v) is 14.0. The normalized spacial score (nSPS) is 11.7. The van der Waals surface area contributed by atoms with Crippen molar-refractivity contribution in [3.63, 3.8) is 0 Å². The largest absolute Gasteiger partial charge is 0.490 e. The number of rotatable bonds is 8. The van der Waals surface area contributed by atoms with Crippen molar-refractivity contribution in [1.29, 1.82) is 0 Å². The van der Waals surface area contributed by atoms with Gasteiger partial charge in [0.05, 0.1) is 12.8 Å². The van der Waals surface area contributed by atoms with Gasteiger partial charge in [0.15, 0.2) is 11.5 Å².